The predicted octanol–water partition coefficient (Wildman–Crippen LogP) is 2.40. The lowest BCUT2D eigenvalue weighted by Gasteiger charge is -2.09. The monoisotopic (exact) mass is 254 g/mol. The molecule has 0 spiro atoms. The van der Waals surface area contributed by atoms with Crippen LogP contribution in [0.2, 0.25) is 0 Å². The van der Waals surface area contributed by atoms with Gasteiger partial charge in [0.05, 0.1) is 5.56 Å². The molecule has 3 nitrogen and oxygen atoms in total. The van der Waals surface area contributed by atoms with Crippen molar-refractivity contribution in [1.29, 1.82) is 5.26 Å². The first kappa shape index (κ1) is 13.8. The molecule has 1 amide bonds. The van der Waals surface area contributed by atoms with Crippen molar-refractivity contribution in [2.75, 3.05) is 0 Å². The molecule has 0 atom stereocenters. The van der Waals surface area contributed by atoms with E-state index in [1.807, 2.05) is 0 Å². The van der Waals surface area contributed by atoms with Crippen molar-refractivity contribution in [3.8, 4) is 6.07 Å². The summed E-state index contributed by atoms with van der Waals surface area (Å²) in [6, 6.07) is 6.14. The van der Waals surface area contributed by atoms with Gasteiger partial charge in [0.2, 0.25) is 0 Å². The number of amides is 1. The summed E-state index contributed by atoms with van der Waals surface area (Å²) in [5.74, 6) is -0.699. The molecular weight excluding hydrogens is 245 g/mol. The van der Waals surface area contributed by atoms with Crippen LogP contribution in [0.3, 0.4) is 0 Å². The summed E-state index contributed by atoms with van der Waals surface area (Å²) in [4.78, 5) is 11.2. The molecular formula is C12H9F3N2O. The minimum Gasteiger partial charge on any atom is -0.347 e. The second kappa shape index (κ2) is 5.36. The number of nitriles is 1. The second-order valence-electron chi connectivity index (χ2n) is 3.47. The number of rotatable bonds is 3. The van der Waals surface area contributed by atoms with Crippen LogP contribution in [0.1, 0.15) is 11.1 Å². The van der Waals surface area contributed by atoms with Crippen LogP contribution in [-0.4, -0.2) is 5.91 Å². The van der Waals surface area contributed by atoms with Gasteiger partial charge in [0.1, 0.15) is 11.6 Å². The van der Waals surface area contributed by atoms with Crippen LogP contribution in [0.5, 0.6) is 0 Å². The lowest BCUT2D eigenvalue weighted by atomic mass is 10.1. The minimum absolute atomic E-state index is 0.0938. The summed E-state index contributed by atoms with van der Waals surface area (Å²) in [7, 11) is 0. The van der Waals surface area contributed by atoms with Gasteiger partial charge in [-0.15, -0.1) is 0 Å². The van der Waals surface area contributed by atoms with E-state index in [9.17, 15) is 18.0 Å². The van der Waals surface area contributed by atoms with Gasteiger partial charge in [-0.25, -0.2) is 0 Å². The van der Waals surface area contributed by atoms with Crippen LogP contribution < -0.4 is 5.32 Å². The van der Waals surface area contributed by atoms with E-state index >= 15 is 0 Å². The first-order chi connectivity index (χ1) is 8.34. The van der Waals surface area contributed by atoms with E-state index in [2.05, 4.69) is 11.9 Å². The zero-order valence-electron chi connectivity index (χ0n) is 9.21. The van der Waals surface area contributed by atoms with Gasteiger partial charge in [0, 0.05) is 6.54 Å². The average molecular weight is 254 g/mol. The summed E-state index contributed by atoms with van der Waals surface area (Å²) in [5, 5.41) is 10.7. The first-order valence-corrected chi connectivity index (χ1v) is 4.88. The standard InChI is InChI=1S/C12H9F3N2O/c1-8(6-16)11(18)17-7-9-3-2-4-10(5-9)12(13,14)15/h2-5H,1,7H2,(H,17,18). The Labute approximate surface area is 102 Å². The summed E-state index contributed by atoms with van der Waals surface area (Å²) >= 11 is 0. The van der Waals surface area contributed by atoms with Gasteiger partial charge in [-0.3, -0.25) is 4.79 Å². The highest BCUT2D eigenvalue weighted by molar-refractivity contribution is 5.96. The van der Waals surface area contributed by atoms with Crippen molar-refractivity contribution >= 4 is 5.91 Å². The number of benzene rings is 1. The van der Waals surface area contributed by atoms with Crippen LogP contribution in [0.4, 0.5) is 13.2 Å². The Morgan fingerprint density at radius 2 is 2.11 bits per heavy atom. The molecule has 1 aromatic rings. The van der Waals surface area contributed by atoms with Crippen LogP contribution in [0.15, 0.2) is 36.4 Å². The van der Waals surface area contributed by atoms with E-state index in [0.29, 0.717) is 5.56 Å². The largest absolute Gasteiger partial charge is 0.416 e. The van der Waals surface area contributed by atoms with Gasteiger partial charge < -0.3 is 5.32 Å². The van der Waals surface area contributed by atoms with E-state index in [-0.39, 0.29) is 12.1 Å². The van der Waals surface area contributed by atoms with E-state index in [1.54, 1.807) is 6.07 Å². The van der Waals surface area contributed by atoms with Crippen molar-refractivity contribution in [3.05, 3.63) is 47.5 Å². The lowest BCUT2D eigenvalue weighted by molar-refractivity contribution is -0.137. The van der Waals surface area contributed by atoms with Crippen molar-refractivity contribution in [2.45, 2.75) is 12.7 Å². The average Bonchev–Trinajstić information content (AvgIpc) is 2.34. The number of carbonyl (C=O) groups is 1. The fourth-order valence-corrected chi connectivity index (χ4v) is 1.20. The summed E-state index contributed by atoms with van der Waals surface area (Å²) < 4.78 is 37.2. The summed E-state index contributed by atoms with van der Waals surface area (Å²) in [6.45, 7) is 3.10. The maximum Gasteiger partial charge on any atom is 0.416 e. The lowest BCUT2D eigenvalue weighted by Crippen LogP contribution is -2.23. The zero-order chi connectivity index (χ0) is 13.8. The molecule has 0 bridgehead atoms. The van der Waals surface area contributed by atoms with Gasteiger partial charge >= 0.3 is 6.18 Å². The normalized spacial score (nSPS) is 10.6. The molecule has 1 N–H and O–H groups in total. The highest BCUT2D eigenvalue weighted by atomic mass is 19.4. The second-order valence-corrected chi connectivity index (χ2v) is 3.47. The minimum atomic E-state index is -4.42. The van der Waals surface area contributed by atoms with E-state index in [1.165, 1.54) is 12.1 Å². The van der Waals surface area contributed by atoms with Crippen molar-refractivity contribution < 1.29 is 18.0 Å². The maximum absolute atomic E-state index is 12.4. The van der Waals surface area contributed by atoms with Crippen LogP contribution >= 0.6 is 0 Å². The number of hydrogen-bond donors (Lipinski definition) is 1. The Kier molecular flexibility index (Phi) is 4.10. The van der Waals surface area contributed by atoms with Gasteiger partial charge in [0.15, 0.2) is 0 Å². The third-order valence-electron chi connectivity index (χ3n) is 2.12. The summed E-state index contributed by atoms with van der Waals surface area (Å²) in [5.41, 5.74) is -0.778. The molecule has 6 heteroatoms. The Balaban J connectivity index is 2.73. The highest BCUT2D eigenvalue weighted by Gasteiger charge is 2.30. The number of carbonyl (C=O) groups excluding carboxylic acids is 1. The van der Waals surface area contributed by atoms with Crippen LogP contribution in [0.25, 0.3) is 0 Å². The van der Waals surface area contributed by atoms with Gasteiger partial charge in [-0.05, 0) is 17.7 Å². The molecule has 94 valence electrons. The molecule has 18 heavy (non-hydrogen) atoms. The zero-order valence-corrected chi connectivity index (χ0v) is 9.21. The van der Waals surface area contributed by atoms with E-state index in [0.717, 1.165) is 12.1 Å². The van der Waals surface area contributed by atoms with Gasteiger partial charge in [0.25, 0.3) is 5.91 Å². The number of hydrogen-bond acceptors (Lipinski definition) is 2. The quantitative estimate of drug-likeness (QED) is 0.665. The summed E-state index contributed by atoms with van der Waals surface area (Å²) in [6.07, 6.45) is -4.42. The topological polar surface area (TPSA) is 52.9 Å². The van der Waals surface area contributed by atoms with Crippen molar-refractivity contribution in [2.24, 2.45) is 0 Å². The number of nitrogens with zero attached hydrogens (tertiary/aromatic N) is 1. The Hall–Kier alpha value is -2.29. The molecule has 0 aliphatic carbocycles. The predicted molar refractivity (Wildman–Crippen MR) is 58.0 cm³/mol. The number of halogens is 3. The van der Waals surface area contributed by atoms with Crippen molar-refractivity contribution in [1.82, 2.24) is 5.32 Å². The maximum atomic E-state index is 12.4. The molecule has 0 heterocycles. The fraction of sp³-hybridized carbons (Fsp3) is 0.167. The van der Waals surface area contributed by atoms with E-state index in [4.69, 9.17) is 5.26 Å². The fourth-order valence-electron chi connectivity index (χ4n) is 1.20. The van der Waals surface area contributed by atoms with Gasteiger partial charge in [-0.1, -0.05) is 18.7 Å². The SMILES string of the molecule is C=C(C#N)C(=O)NCc1cccc(C(F)(F)F)c1. The van der Waals surface area contributed by atoms with Crippen molar-refractivity contribution in [3.63, 3.8) is 0 Å². The van der Waals surface area contributed by atoms with Crippen LogP contribution in [0, 0.1) is 11.3 Å². The number of nitrogens with one attached hydrogen (secondary N) is 1. The molecule has 0 aromatic heterocycles. The molecule has 0 unspecified atom stereocenters. The highest BCUT2D eigenvalue weighted by Crippen LogP contribution is 2.29. The Bertz CT molecular complexity index is 515. The molecule has 1 rings (SSSR count). The Morgan fingerprint density at radius 1 is 1.44 bits per heavy atom. The third kappa shape index (κ3) is 3.63. The number of alkyl halides is 3. The van der Waals surface area contributed by atoms with Crippen LogP contribution in [-0.2, 0) is 17.5 Å². The molecule has 0 aliphatic heterocycles. The Morgan fingerprint density at radius 3 is 2.67 bits per heavy atom. The molecule has 1 aromatic carbocycles. The molecule has 0 saturated heterocycles. The smallest absolute Gasteiger partial charge is 0.347 e. The van der Waals surface area contributed by atoms with Gasteiger partial charge in [-0.2, -0.15) is 18.4 Å². The molecule has 0 radical (unpaired) electrons. The first-order valence-electron chi connectivity index (χ1n) is 4.88. The third-order valence-corrected chi connectivity index (χ3v) is 2.12. The molecule has 0 fully saturated rings. The molecule has 0 aliphatic rings. The molecule has 0 saturated carbocycles. The van der Waals surface area contributed by atoms with E-state index < -0.39 is 17.6 Å².